The maximum Gasteiger partial charge on any atom is 0.354 e. The lowest BCUT2D eigenvalue weighted by Gasteiger charge is -2.19. The first-order valence-corrected chi connectivity index (χ1v) is 6.79. The molecule has 0 saturated carbocycles. The maximum atomic E-state index is 10.9. The molecule has 0 unspecified atom stereocenters. The second kappa shape index (κ2) is 7.31. The summed E-state index contributed by atoms with van der Waals surface area (Å²) in [6.07, 6.45) is 0. The Balaban J connectivity index is 1.94. The molecule has 0 radical (unpaired) electrons. The molecule has 116 valence electrons. The SMILES string of the molecule is COc1ccccc1OCCN(C)c1cccc(C(=O)O)n1. The van der Waals surface area contributed by atoms with E-state index in [1.807, 2.05) is 36.2 Å². The van der Waals surface area contributed by atoms with Gasteiger partial charge in [-0.1, -0.05) is 18.2 Å². The van der Waals surface area contributed by atoms with Gasteiger partial charge in [0.1, 0.15) is 12.4 Å². The number of carboxylic acids is 1. The van der Waals surface area contributed by atoms with E-state index in [0.717, 1.165) is 0 Å². The number of rotatable bonds is 7. The van der Waals surface area contributed by atoms with Crippen molar-refractivity contribution in [3.05, 3.63) is 48.2 Å². The Hall–Kier alpha value is -2.76. The summed E-state index contributed by atoms with van der Waals surface area (Å²) in [5, 5.41) is 8.95. The molecule has 2 aromatic rings. The number of methoxy groups -OCH3 is 1. The minimum Gasteiger partial charge on any atom is -0.493 e. The van der Waals surface area contributed by atoms with Crippen molar-refractivity contribution >= 4 is 11.8 Å². The normalized spacial score (nSPS) is 10.1. The van der Waals surface area contributed by atoms with Crippen LogP contribution in [0, 0.1) is 0 Å². The minimum absolute atomic E-state index is 0.0231. The second-order valence-electron chi connectivity index (χ2n) is 4.61. The van der Waals surface area contributed by atoms with E-state index in [1.54, 1.807) is 19.2 Å². The quantitative estimate of drug-likeness (QED) is 0.846. The van der Waals surface area contributed by atoms with Crippen molar-refractivity contribution in [1.29, 1.82) is 0 Å². The first-order valence-electron chi connectivity index (χ1n) is 6.79. The number of likely N-dealkylation sites (N-methyl/N-ethyl adjacent to an activating group) is 1. The lowest BCUT2D eigenvalue weighted by molar-refractivity contribution is 0.0690. The summed E-state index contributed by atoms with van der Waals surface area (Å²) >= 11 is 0. The lowest BCUT2D eigenvalue weighted by atomic mass is 10.3. The molecule has 0 saturated heterocycles. The first-order chi connectivity index (χ1) is 10.6. The number of nitrogens with zero attached hydrogens (tertiary/aromatic N) is 2. The van der Waals surface area contributed by atoms with Crippen molar-refractivity contribution in [1.82, 2.24) is 4.98 Å². The fraction of sp³-hybridized carbons (Fsp3) is 0.250. The lowest BCUT2D eigenvalue weighted by Crippen LogP contribution is -2.25. The van der Waals surface area contributed by atoms with Gasteiger partial charge in [0.05, 0.1) is 13.7 Å². The number of carboxylic acid groups (broad SMARTS) is 1. The van der Waals surface area contributed by atoms with Gasteiger partial charge >= 0.3 is 5.97 Å². The van der Waals surface area contributed by atoms with E-state index in [-0.39, 0.29) is 5.69 Å². The van der Waals surface area contributed by atoms with Crippen LogP contribution in [-0.2, 0) is 0 Å². The molecule has 0 aliphatic carbocycles. The van der Waals surface area contributed by atoms with Gasteiger partial charge in [-0.05, 0) is 24.3 Å². The smallest absolute Gasteiger partial charge is 0.354 e. The molecule has 0 atom stereocenters. The monoisotopic (exact) mass is 302 g/mol. The van der Waals surface area contributed by atoms with Crippen molar-refractivity contribution < 1.29 is 19.4 Å². The number of carbonyl (C=O) groups is 1. The van der Waals surface area contributed by atoms with E-state index in [2.05, 4.69) is 4.98 Å². The molecule has 0 aliphatic heterocycles. The second-order valence-corrected chi connectivity index (χ2v) is 4.61. The maximum absolute atomic E-state index is 10.9. The van der Waals surface area contributed by atoms with E-state index >= 15 is 0 Å². The average molecular weight is 302 g/mol. The molecule has 0 aliphatic rings. The number of anilines is 1. The molecule has 1 aromatic heterocycles. The fourth-order valence-corrected chi connectivity index (χ4v) is 1.90. The molecule has 0 spiro atoms. The van der Waals surface area contributed by atoms with E-state index in [9.17, 15) is 4.79 Å². The molecule has 0 bridgehead atoms. The van der Waals surface area contributed by atoms with Crippen LogP contribution in [0.5, 0.6) is 11.5 Å². The number of ether oxygens (including phenoxy) is 2. The molecule has 22 heavy (non-hydrogen) atoms. The van der Waals surface area contributed by atoms with Crippen molar-refractivity contribution in [2.45, 2.75) is 0 Å². The highest BCUT2D eigenvalue weighted by Gasteiger charge is 2.09. The number of para-hydroxylation sites is 2. The zero-order valence-corrected chi connectivity index (χ0v) is 12.5. The molecule has 1 aromatic carbocycles. The Kier molecular flexibility index (Phi) is 5.19. The van der Waals surface area contributed by atoms with E-state index in [1.165, 1.54) is 6.07 Å². The Bertz CT molecular complexity index is 646. The number of aromatic nitrogens is 1. The van der Waals surface area contributed by atoms with E-state index in [0.29, 0.717) is 30.5 Å². The minimum atomic E-state index is -1.04. The van der Waals surface area contributed by atoms with Crippen LogP contribution >= 0.6 is 0 Å². The average Bonchev–Trinajstić information content (AvgIpc) is 2.55. The highest BCUT2D eigenvalue weighted by atomic mass is 16.5. The van der Waals surface area contributed by atoms with Gasteiger partial charge in [0, 0.05) is 7.05 Å². The molecule has 2 rings (SSSR count). The standard InChI is InChI=1S/C16H18N2O4/c1-18(15-9-5-6-12(17-15)16(19)20)10-11-22-14-8-4-3-7-13(14)21-2/h3-9H,10-11H2,1-2H3,(H,19,20). The van der Waals surface area contributed by atoms with Crippen LogP contribution in [0.4, 0.5) is 5.82 Å². The molecule has 1 N–H and O–H groups in total. The number of pyridine rings is 1. The van der Waals surface area contributed by atoms with Crippen LogP contribution in [-0.4, -0.2) is 43.4 Å². The van der Waals surface area contributed by atoms with Gasteiger partial charge in [-0.3, -0.25) is 0 Å². The highest BCUT2D eigenvalue weighted by molar-refractivity contribution is 5.85. The third-order valence-electron chi connectivity index (χ3n) is 3.10. The van der Waals surface area contributed by atoms with Crippen LogP contribution in [0.15, 0.2) is 42.5 Å². The summed E-state index contributed by atoms with van der Waals surface area (Å²) in [4.78, 5) is 16.8. The van der Waals surface area contributed by atoms with Gasteiger partial charge in [0.2, 0.25) is 0 Å². The number of benzene rings is 1. The molecule has 6 nitrogen and oxygen atoms in total. The summed E-state index contributed by atoms with van der Waals surface area (Å²) in [5.74, 6) is 0.894. The van der Waals surface area contributed by atoms with Crippen LogP contribution in [0.3, 0.4) is 0 Å². The number of hydrogen-bond donors (Lipinski definition) is 1. The molecular formula is C16H18N2O4. The van der Waals surface area contributed by atoms with Gasteiger partial charge in [-0.15, -0.1) is 0 Å². The number of hydrogen-bond acceptors (Lipinski definition) is 5. The van der Waals surface area contributed by atoms with Gasteiger partial charge in [0.25, 0.3) is 0 Å². The molecule has 1 heterocycles. The molecular weight excluding hydrogens is 284 g/mol. The van der Waals surface area contributed by atoms with Crippen molar-refractivity contribution in [2.75, 3.05) is 32.2 Å². The topological polar surface area (TPSA) is 71.9 Å². The van der Waals surface area contributed by atoms with Gasteiger partial charge in [-0.25, -0.2) is 9.78 Å². The Morgan fingerprint density at radius 2 is 1.91 bits per heavy atom. The summed E-state index contributed by atoms with van der Waals surface area (Å²) in [6, 6.07) is 12.3. The zero-order chi connectivity index (χ0) is 15.9. The molecule has 6 heteroatoms. The highest BCUT2D eigenvalue weighted by Crippen LogP contribution is 2.25. The number of aromatic carboxylic acids is 1. The Labute approximate surface area is 128 Å². The fourth-order valence-electron chi connectivity index (χ4n) is 1.90. The molecule has 0 amide bonds. The predicted octanol–water partition coefficient (Wildman–Crippen LogP) is 2.30. The van der Waals surface area contributed by atoms with Gasteiger partial charge < -0.3 is 19.5 Å². The zero-order valence-electron chi connectivity index (χ0n) is 12.5. The Morgan fingerprint density at radius 1 is 1.18 bits per heavy atom. The van der Waals surface area contributed by atoms with E-state index in [4.69, 9.17) is 14.6 Å². The first kappa shape index (κ1) is 15.6. The van der Waals surface area contributed by atoms with Crippen molar-refractivity contribution in [2.24, 2.45) is 0 Å². The Morgan fingerprint density at radius 3 is 2.59 bits per heavy atom. The van der Waals surface area contributed by atoms with Crippen molar-refractivity contribution in [3.63, 3.8) is 0 Å². The van der Waals surface area contributed by atoms with Crippen molar-refractivity contribution in [3.8, 4) is 11.5 Å². The third kappa shape index (κ3) is 3.88. The summed E-state index contributed by atoms with van der Waals surface area (Å²) < 4.78 is 10.9. The van der Waals surface area contributed by atoms with E-state index < -0.39 is 5.97 Å². The van der Waals surface area contributed by atoms with Crippen LogP contribution in [0.1, 0.15) is 10.5 Å². The van der Waals surface area contributed by atoms with Gasteiger partial charge in [0.15, 0.2) is 17.2 Å². The van der Waals surface area contributed by atoms with Crippen LogP contribution in [0.25, 0.3) is 0 Å². The van der Waals surface area contributed by atoms with Gasteiger partial charge in [-0.2, -0.15) is 0 Å². The van der Waals surface area contributed by atoms with Crippen LogP contribution < -0.4 is 14.4 Å². The summed E-state index contributed by atoms with van der Waals surface area (Å²) in [7, 11) is 3.43. The molecule has 0 fully saturated rings. The summed E-state index contributed by atoms with van der Waals surface area (Å²) in [6.45, 7) is 0.990. The van der Waals surface area contributed by atoms with Crippen LogP contribution in [0.2, 0.25) is 0 Å². The predicted molar refractivity (Wildman–Crippen MR) is 83.0 cm³/mol. The largest absolute Gasteiger partial charge is 0.493 e. The summed E-state index contributed by atoms with van der Waals surface area (Å²) in [5.41, 5.74) is 0.0231. The third-order valence-corrected chi connectivity index (χ3v) is 3.10.